The second-order valence-electron chi connectivity index (χ2n) is 4.42. The lowest BCUT2D eigenvalue weighted by Crippen LogP contribution is -2.38. The summed E-state index contributed by atoms with van der Waals surface area (Å²) in [5, 5.41) is 6.79. The maximum absolute atomic E-state index is 11.5. The topological polar surface area (TPSA) is 41.1 Å². The molecule has 0 radical (unpaired) electrons. The van der Waals surface area contributed by atoms with Gasteiger partial charge < -0.3 is 10.6 Å². The number of carbonyl (C=O) groups excluding carboxylic acids is 1. The Bertz CT molecular complexity index is 365. The van der Waals surface area contributed by atoms with Gasteiger partial charge in [-0.15, -0.1) is 0 Å². The molecule has 1 amide bonds. The van der Waals surface area contributed by atoms with Crippen LogP contribution in [0.5, 0.6) is 0 Å². The van der Waals surface area contributed by atoms with E-state index < -0.39 is 0 Å². The van der Waals surface area contributed by atoms with Gasteiger partial charge in [-0.25, -0.2) is 0 Å². The maximum Gasteiger partial charge on any atom is 0.233 e. The van der Waals surface area contributed by atoms with Crippen LogP contribution in [0.2, 0.25) is 5.02 Å². The highest BCUT2D eigenvalue weighted by Gasteiger charge is 2.03. The largest absolute Gasteiger partial charge is 0.355 e. The van der Waals surface area contributed by atoms with E-state index in [2.05, 4.69) is 24.5 Å². The third-order valence-electron chi connectivity index (χ3n) is 2.87. The van der Waals surface area contributed by atoms with Crippen molar-refractivity contribution >= 4 is 17.5 Å². The van der Waals surface area contributed by atoms with Gasteiger partial charge in [0, 0.05) is 17.6 Å². The number of hydrogen-bond acceptors (Lipinski definition) is 2. The quantitative estimate of drug-likeness (QED) is 0.797. The number of nitrogens with one attached hydrogen (secondary N) is 2. The highest BCUT2D eigenvalue weighted by Crippen LogP contribution is 2.09. The van der Waals surface area contributed by atoms with Crippen molar-refractivity contribution in [3.05, 3.63) is 34.9 Å². The van der Waals surface area contributed by atoms with Gasteiger partial charge in [0.1, 0.15) is 0 Å². The van der Waals surface area contributed by atoms with E-state index in [1.807, 2.05) is 24.3 Å². The Kier molecular flexibility index (Phi) is 6.76. The molecule has 1 aromatic carbocycles. The summed E-state index contributed by atoms with van der Waals surface area (Å²) in [7, 11) is 0. The van der Waals surface area contributed by atoms with E-state index in [9.17, 15) is 4.79 Å². The van der Waals surface area contributed by atoms with Gasteiger partial charge >= 0.3 is 0 Å². The van der Waals surface area contributed by atoms with Crippen LogP contribution < -0.4 is 10.6 Å². The van der Waals surface area contributed by atoms with Gasteiger partial charge in [-0.1, -0.05) is 30.7 Å². The molecular weight excluding hydrogens is 248 g/mol. The molecule has 0 saturated heterocycles. The molecule has 0 heterocycles. The lowest BCUT2D eigenvalue weighted by atomic mass is 10.1. The molecule has 3 nitrogen and oxygen atoms in total. The fourth-order valence-corrected chi connectivity index (χ4v) is 1.60. The van der Waals surface area contributed by atoms with Crippen molar-refractivity contribution in [1.82, 2.24) is 10.6 Å². The van der Waals surface area contributed by atoms with Crippen molar-refractivity contribution in [3.8, 4) is 0 Å². The first-order valence-electron chi connectivity index (χ1n) is 6.36. The van der Waals surface area contributed by atoms with Gasteiger partial charge in [0.05, 0.1) is 6.54 Å². The van der Waals surface area contributed by atoms with Crippen molar-refractivity contribution in [1.29, 1.82) is 0 Å². The molecule has 1 rings (SSSR count). The van der Waals surface area contributed by atoms with Crippen LogP contribution in [-0.4, -0.2) is 25.0 Å². The first-order valence-corrected chi connectivity index (χ1v) is 6.74. The van der Waals surface area contributed by atoms with Crippen LogP contribution in [0.1, 0.15) is 25.8 Å². The number of halogens is 1. The normalized spacial score (nSPS) is 12.2. The van der Waals surface area contributed by atoms with E-state index in [1.165, 1.54) is 5.56 Å². The number of rotatable bonds is 7. The minimum atomic E-state index is 0.0456. The molecule has 0 fully saturated rings. The summed E-state index contributed by atoms with van der Waals surface area (Å²) in [6.07, 6.45) is 1.85. The molecule has 0 aliphatic heterocycles. The number of amides is 1. The minimum absolute atomic E-state index is 0.0456. The molecule has 0 saturated carbocycles. The fraction of sp³-hybridized carbons (Fsp3) is 0.500. The summed E-state index contributed by atoms with van der Waals surface area (Å²) in [5.74, 6) is 0.0456. The zero-order valence-corrected chi connectivity index (χ0v) is 11.8. The van der Waals surface area contributed by atoms with Crippen LogP contribution in [-0.2, 0) is 11.2 Å². The summed E-state index contributed by atoms with van der Waals surface area (Å²) < 4.78 is 0. The van der Waals surface area contributed by atoms with Crippen LogP contribution >= 0.6 is 11.6 Å². The maximum atomic E-state index is 11.5. The van der Waals surface area contributed by atoms with Gasteiger partial charge in [-0.3, -0.25) is 4.79 Å². The molecule has 4 heteroatoms. The lowest BCUT2D eigenvalue weighted by Gasteiger charge is -2.11. The average Bonchev–Trinajstić information content (AvgIpc) is 2.38. The van der Waals surface area contributed by atoms with Crippen molar-refractivity contribution in [3.63, 3.8) is 0 Å². The van der Waals surface area contributed by atoms with Crippen LogP contribution in [0.15, 0.2) is 24.3 Å². The van der Waals surface area contributed by atoms with Gasteiger partial charge in [0.15, 0.2) is 0 Å². The summed E-state index contributed by atoms with van der Waals surface area (Å²) in [5.41, 5.74) is 1.18. The smallest absolute Gasteiger partial charge is 0.233 e. The molecule has 0 spiro atoms. The second-order valence-corrected chi connectivity index (χ2v) is 4.85. The van der Waals surface area contributed by atoms with E-state index in [0.29, 0.717) is 19.1 Å². The Labute approximate surface area is 114 Å². The Morgan fingerprint density at radius 3 is 2.61 bits per heavy atom. The third kappa shape index (κ3) is 6.03. The van der Waals surface area contributed by atoms with E-state index in [4.69, 9.17) is 11.6 Å². The van der Waals surface area contributed by atoms with Crippen LogP contribution in [0.25, 0.3) is 0 Å². The lowest BCUT2D eigenvalue weighted by molar-refractivity contribution is -0.120. The van der Waals surface area contributed by atoms with Gasteiger partial charge in [0.2, 0.25) is 5.91 Å². The van der Waals surface area contributed by atoms with Crippen molar-refractivity contribution in [2.45, 2.75) is 32.7 Å². The SMILES string of the molecule is CCC(C)NCC(=O)NCCc1ccc(Cl)cc1. The second kappa shape index (κ2) is 8.11. The van der Waals surface area contributed by atoms with Crippen LogP contribution in [0.4, 0.5) is 0 Å². The highest BCUT2D eigenvalue weighted by molar-refractivity contribution is 6.30. The molecule has 0 aliphatic rings. The van der Waals surface area contributed by atoms with Crippen molar-refractivity contribution < 1.29 is 4.79 Å². The van der Waals surface area contributed by atoms with Gasteiger partial charge in [-0.2, -0.15) is 0 Å². The van der Waals surface area contributed by atoms with E-state index in [1.54, 1.807) is 0 Å². The summed E-state index contributed by atoms with van der Waals surface area (Å²) in [6, 6.07) is 8.07. The van der Waals surface area contributed by atoms with Crippen molar-refractivity contribution in [2.24, 2.45) is 0 Å². The molecule has 1 unspecified atom stereocenters. The van der Waals surface area contributed by atoms with E-state index >= 15 is 0 Å². The zero-order chi connectivity index (χ0) is 13.4. The first kappa shape index (κ1) is 15.0. The Balaban J connectivity index is 2.17. The summed E-state index contributed by atoms with van der Waals surface area (Å²) in [6.45, 7) is 5.20. The minimum Gasteiger partial charge on any atom is -0.355 e. The molecular formula is C14H21ClN2O. The predicted molar refractivity (Wildman–Crippen MR) is 75.9 cm³/mol. The first-order chi connectivity index (χ1) is 8.61. The summed E-state index contributed by atoms with van der Waals surface area (Å²) >= 11 is 5.80. The van der Waals surface area contributed by atoms with Crippen LogP contribution in [0, 0.1) is 0 Å². The molecule has 100 valence electrons. The highest BCUT2D eigenvalue weighted by atomic mass is 35.5. The molecule has 1 atom stereocenters. The molecule has 0 bridgehead atoms. The van der Waals surface area contributed by atoms with E-state index in [0.717, 1.165) is 17.9 Å². The molecule has 2 N–H and O–H groups in total. The monoisotopic (exact) mass is 268 g/mol. The molecule has 18 heavy (non-hydrogen) atoms. The molecule has 0 aliphatic carbocycles. The van der Waals surface area contributed by atoms with Crippen molar-refractivity contribution in [2.75, 3.05) is 13.1 Å². The molecule has 1 aromatic rings. The Morgan fingerprint density at radius 1 is 1.33 bits per heavy atom. The Morgan fingerprint density at radius 2 is 2.00 bits per heavy atom. The predicted octanol–water partition coefficient (Wildman–Crippen LogP) is 2.39. The van der Waals surface area contributed by atoms with Gasteiger partial charge in [0.25, 0.3) is 0 Å². The number of benzene rings is 1. The number of carbonyl (C=O) groups is 1. The van der Waals surface area contributed by atoms with Gasteiger partial charge in [-0.05, 0) is 37.5 Å². The Hall–Kier alpha value is -1.06. The zero-order valence-electron chi connectivity index (χ0n) is 11.0. The number of hydrogen-bond donors (Lipinski definition) is 2. The molecule has 0 aromatic heterocycles. The standard InChI is InChI=1S/C14H21ClN2O/c1-3-11(2)17-10-14(18)16-9-8-12-4-6-13(15)7-5-12/h4-7,11,17H,3,8-10H2,1-2H3,(H,16,18). The average molecular weight is 269 g/mol. The van der Waals surface area contributed by atoms with E-state index in [-0.39, 0.29) is 5.91 Å². The fourth-order valence-electron chi connectivity index (χ4n) is 1.47. The van der Waals surface area contributed by atoms with Crippen LogP contribution in [0.3, 0.4) is 0 Å². The third-order valence-corrected chi connectivity index (χ3v) is 3.12. The summed E-state index contributed by atoms with van der Waals surface area (Å²) in [4.78, 5) is 11.5.